The third kappa shape index (κ3) is 8.10. The fraction of sp³-hybridized carbons (Fsp3) is 0.676. The Morgan fingerprint density at radius 3 is 2.58 bits per heavy atom. The second kappa shape index (κ2) is 14.9. The van der Waals surface area contributed by atoms with E-state index in [-0.39, 0.29) is 46.5 Å². The number of benzene rings is 1. The number of rotatable bonds is 11. The van der Waals surface area contributed by atoms with Crippen molar-refractivity contribution in [3.05, 3.63) is 42.1 Å². The standard InChI is InChI=1S/C34H50FN7O5S/c1-4-48(44,45)39-26-6-7-27(37-18-26)20-40-13-11-34(12-14-40)21-41(22-34)32-31(19-36-23-38-32)47-30-8-5-25(35)17-29(30)33(43)42(24(2)3)28-9-15-46-16-10-28/h5,8,17,19,23-24,26-28,37,39H,4,6-7,9-16,18,20-22H2,1-3H3/t26-,27+/m1/s1. The Morgan fingerprint density at radius 1 is 1.17 bits per heavy atom. The molecule has 2 N–H and O–H groups in total. The largest absolute Gasteiger partial charge is 0.451 e. The highest BCUT2D eigenvalue weighted by molar-refractivity contribution is 7.89. The van der Waals surface area contributed by atoms with E-state index in [1.54, 1.807) is 13.1 Å². The van der Waals surface area contributed by atoms with Gasteiger partial charge >= 0.3 is 0 Å². The van der Waals surface area contributed by atoms with Gasteiger partial charge in [0.2, 0.25) is 10.0 Å². The van der Waals surface area contributed by atoms with E-state index in [9.17, 15) is 17.6 Å². The Kier molecular flexibility index (Phi) is 10.9. The maximum absolute atomic E-state index is 14.6. The second-order valence-corrected chi connectivity index (χ2v) is 16.2. The summed E-state index contributed by atoms with van der Waals surface area (Å²) in [5, 5.41) is 3.55. The molecule has 0 radical (unpaired) electrons. The number of carbonyl (C=O) groups is 1. The molecule has 1 spiro atoms. The molecular weight excluding hydrogens is 637 g/mol. The van der Waals surface area contributed by atoms with Crippen LogP contribution >= 0.6 is 0 Å². The summed E-state index contributed by atoms with van der Waals surface area (Å²) in [6.45, 7) is 12.2. The van der Waals surface area contributed by atoms with Crippen molar-refractivity contribution in [3.8, 4) is 11.5 Å². The lowest BCUT2D eigenvalue weighted by molar-refractivity contribution is 0.0204. The normalized spacial score (nSPS) is 23.6. The molecule has 4 fully saturated rings. The van der Waals surface area contributed by atoms with Crippen LogP contribution < -0.4 is 19.7 Å². The van der Waals surface area contributed by atoms with Gasteiger partial charge in [0.05, 0.1) is 17.5 Å². The van der Waals surface area contributed by atoms with E-state index < -0.39 is 15.8 Å². The van der Waals surface area contributed by atoms with E-state index in [0.29, 0.717) is 37.4 Å². The van der Waals surface area contributed by atoms with Crippen LogP contribution in [0.25, 0.3) is 0 Å². The van der Waals surface area contributed by atoms with Crippen LogP contribution in [0.3, 0.4) is 0 Å². The zero-order chi connectivity index (χ0) is 33.9. The number of halogens is 1. The van der Waals surface area contributed by atoms with Gasteiger partial charge in [-0.1, -0.05) is 0 Å². The maximum atomic E-state index is 14.6. The Morgan fingerprint density at radius 2 is 1.92 bits per heavy atom. The minimum Gasteiger partial charge on any atom is -0.451 e. The van der Waals surface area contributed by atoms with Crippen LogP contribution in [0.15, 0.2) is 30.7 Å². The summed E-state index contributed by atoms with van der Waals surface area (Å²) in [6.07, 6.45) is 8.58. The average molecular weight is 688 g/mol. The van der Waals surface area contributed by atoms with Gasteiger partial charge in [-0.2, -0.15) is 0 Å². The quantitative estimate of drug-likeness (QED) is 0.363. The Bertz CT molecular complexity index is 1520. The van der Waals surface area contributed by atoms with Crippen LogP contribution in [0.1, 0.15) is 69.7 Å². The summed E-state index contributed by atoms with van der Waals surface area (Å²) in [6, 6.07) is 4.36. The van der Waals surface area contributed by atoms with Crippen molar-refractivity contribution in [2.75, 3.05) is 63.1 Å². The SMILES string of the molecule is CCS(=O)(=O)N[C@@H]1CC[C@@H](CN2CCC3(CC2)CN(c2ncncc2Oc2ccc(F)cc2C(=O)N(C(C)C)C2CCOCC2)C3)NC1. The fourth-order valence-electron chi connectivity index (χ4n) is 7.68. The van der Waals surface area contributed by atoms with Crippen LogP contribution in [0.4, 0.5) is 10.2 Å². The molecule has 6 rings (SSSR count). The number of nitrogens with zero attached hydrogens (tertiary/aromatic N) is 5. The van der Waals surface area contributed by atoms with Gasteiger partial charge in [0, 0.05) is 69.0 Å². The molecule has 2 atom stereocenters. The zero-order valence-corrected chi connectivity index (χ0v) is 29.2. The summed E-state index contributed by atoms with van der Waals surface area (Å²) in [5.74, 6) is 0.745. The number of sulfonamides is 1. The number of amides is 1. The van der Waals surface area contributed by atoms with Crippen molar-refractivity contribution < 1.29 is 27.1 Å². The highest BCUT2D eigenvalue weighted by atomic mass is 32.2. The minimum absolute atomic E-state index is 0.0157. The van der Waals surface area contributed by atoms with Crippen LogP contribution in [-0.2, 0) is 14.8 Å². The van der Waals surface area contributed by atoms with Gasteiger partial charge in [0.25, 0.3) is 5.91 Å². The molecule has 4 aliphatic heterocycles. The van der Waals surface area contributed by atoms with Crippen molar-refractivity contribution in [2.24, 2.45) is 5.41 Å². The number of hydrogen-bond acceptors (Lipinski definition) is 10. The van der Waals surface area contributed by atoms with E-state index in [2.05, 4.69) is 29.8 Å². The predicted molar refractivity (Wildman–Crippen MR) is 181 cm³/mol. The van der Waals surface area contributed by atoms with Crippen molar-refractivity contribution >= 4 is 21.7 Å². The molecule has 0 bridgehead atoms. The molecule has 264 valence electrons. The molecule has 4 aliphatic rings. The van der Waals surface area contributed by atoms with Crippen LogP contribution in [0, 0.1) is 11.2 Å². The zero-order valence-electron chi connectivity index (χ0n) is 28.4. The third-order valence-electron chi connectivity index (χ3n) is 10.4. The van der Waals surface area contributed by atoms with Gasteiger partial charge in [0.1, 0.15) is 17.9 Å². The van der Waals surface area contributed by atoms with Crippen LogP contribution in [-0.4, -0.2) is 116 Å². The Balaban J connectivity index is 1.05. The summed E-state index contributed by atoms with van der Waals surface area (Å²) in [4.78, 5) is 29.3. The van der Waals surface area contributed by atoms with E-state index >= 15 is 0 Å². The number of likely N-dealkylation sites (tertiary alicyclic amines) is 1. The molecule has 12 nitrogen and oxygen atoms in total. The molecular formula is C34H50FN7O5S. The summed E-state index contributed by atoms with van der Waals surface area (Å²) in [5.41, 5.74) is 0.392. The number of aromatic nitrogens is 2. The molecule has 14 heteroatoms. The van der Waals surface area contributed by atoms with Gasteiger partial charge in [-0.15, -0.1) is 0 Å². The summed E-state index contributed by atoms with van der Waals surface area (Å²) < 4.78 is 53.1. The highest BCUT2D eigenvalue weighted by Crippen LogP contribution is 2.45. The Labute approximate surface area is 283 Å². The summed E-state index contributed by atoms with van der Waals surface area (Å²) >= 11 is 0. The summed E-state index contributed by atoms with van der Waals surface area (Å²) in [7, 11) is -3.19. The minimum atomic E-state index is -3.19. The Hall–Kier alpha value is -2.91. The lowest BCUT2D eigenvalue weighted by Gasteiger charge is -2.54. The number of hydrogen-bond donors (Lipinski definition) is 2. The number of piperidine rings is 2. The van der Waals surface area contributed by atoms with Crippen LogP contribution in [0.2, 0.25) is 0 Å². The molecule has 2 aromatic rings. The first kappa shape index (κ1) is 34.9. The molecule has 1 amide bonds. The first-order chi connectivity index (χ1) is 23.0. The monoisotopic (exact) mass is 687 g/mol. The van der Waals surface area contributed by atoms with Gasteiger partial charge in [-0.3, -0.25) is 4.79 Å². The number of ether oxygens (including phenoxy) is 2. The van der Waals surface area contributed by atoms with E-state index in [4.69, 9.17) is 9.47 Å². The first-order valence-electron chi connectivity index (χ1n) is 17.4. The van der Waals surface area contributed by atoms with E-state index in [0.717, 1.165) is 71.2 Å². The van der Waals surface area contributed by atoms with Gasteiger partial charge in [-0.05, 0) is 90.6 Å². The molecule has 0 unspecified atom stereocenters. The highest BCUT2D eigenvalue weighted by Gasteiger charge is 2.46. The van der Waals surface area contributed by atoms with Crippen molar-refractivity contribution in [3.63, 3.8) is 0 Å². The maximum Gasteiger partial charge on any atom is 0.258 e. The molecule has 1 aromatic heterocycles. The lowest BCUT2D eigenvalue weighted by atomic mass is 9.72. The number of carbonyl (C=O) groups excluding carboxylic acids is 1. The molecule has 5 heterocycles. The average Bonchev–Trinajstić information content (AvgIpc) is 3.06. The van der Waals surface area contributed by atoms with Crippen LogP contribution in [0.5, 0.6) is 11.5 Å². The van der Waals surface area contributed by atoms with Gasteiger partial charge < -0.3 is 29.5 Å². The van der Waals surface area contributed by atoms with Crippen molar-refractivity contribution in [1.82, 2.24) is 29.8 Å². The molecule has 48 heavy (non-hydrogen) atoms. The number of nitrogens with one attached hydrogen (secondary N) is 2. The third-order valence-corrected chi connectivity index (χ3v) is 11.9. The smallest absolute Gasteiger partial charge is 0.258 e. The molecule has 4 saturated heterocycles. The van der Waals surface area contributed by atoms with Crippen molar-refractivity contribution in [1.29, 1.82) is 0 Å². The fourth-order valence-corrected chi connectivity index (χ4v) is 8.56. The molecule has 1 aromatic carbocycles. The molecule has 0 saturated carbocycles. The number of anilines is 1. The predicted octanol–water partition coefficient (Wildman–Crippen LogP) is 3.40. The van der Waals surface area contributed by atoms with E-state index in [1.807, 2.05) is 18.7 Å². The lowest BCUT2D eigenvalue weighted by Crippen LogP contribution is -2.61. The van der Waals surface area contributed by atoms with E-state index in [1.165, 1.54) is 24.5 Å². The first-order valence-corrected chi connectivity index (χ1v) is 19.1. The van der Waals surface area contributed by atoms with Gasteiger partial charge in [0.15, 0.2) is 11.6 Å². The second-order valence-electron chi connectivity index (χ2n) is 14.2. The molecule has 0 aliphatic carbocycles. The van der Waals surface area contributed by atoms with Crippen molar-refractivity contribution in [2.45, 2.75) is 83.5 Å². The topological polar surface area (TPSA) is 129 Å². The van der Waals surface area contributed by atoms with Gasteiger partial charge in [-0.25, -0.2) is 27.5 Å².